The second-order valence-corrected chi connectivity index (χ2v) is 9.66. The first-order valence-electron chi connectivity index (χ1n) is 9.82. The third kappa shape index (κ3) is 4.93. The Bertz CT molecular complexity index is 1140. The van der Waals surface area contributed by atoms with E-state index in [0.29, 0.717) is 23.7 Å². The van der Waals surface area contributed by atoms with Crippen molar-refractivity contribution in [3.8, 4) is 5.75 Å². The average Bonchev–Trinajstić information content (AvgIpc) is 2.71. The van der Waals surface area contributed by atoms with Crippen LogP contribution in [-0.4, -0.2) is 50.2 Å². The van der Waals surface area contributed by atoms with Crippen molar-refractivity contribution in [3.05, 3.63) is 53.6 Å². The number of nitrogens with zero attached hydrogens (tertiary/aromatic N) is 1. The molecular formula is C22H24N2O6S. The van der Waals surface area contributed by atoms with Gasteiger partial charge in [0.1, 0.15) is 16.8 Å². The molecule has 0 aromatic heterocycles. The second-order valence-electron chi connectivity index (χ2n) is 7.34. The van der Waals surface area contributed by atoms with Gasteiger partial charge in [-0.15, -0.1) is 0 Å². The monoisotopic (exact) mass is 444 g/mol. The van der Waals surface area contributed by atoms with Gasteiger partial charge in [0.15, 0.2) is 22.2 Å². The number of anilines is 2. The third-order valence-electron chi connectivity index (χ3n) is 5.04. The first-order valence-corrected chi connectivity index (χ1v) is 11.5. The summed E-state index contributed by atoms with van der Waals surface area (Å²) in [6, 6.07) is 11.4. The summed E-state index contributed by atoms with van der Waals surface area (Å²) in [5.41, 5.74) is 1.95. The van der Waals surface area contributed by atoms with Crippen LogP contribution in [0.25, 0.3) is 0 Å². The molecule has 2 amide bonds. The number of sulfone groups is 1. The fourth-order valence-electron chi connectivity index (χ4n) is 3.33. The maximum absolute atomic E-state index is 12.9. The topological polar surface area (TPSA) is 110 Å². The number of ether oxygens (including phenoxy) is 1. The van der Waals surface area contributed by atoms with Gasteiger partial charge in [-0.1, -0.05) is 12.1 Å². The molecule has 9 heteroatoms. The van der Waals surface area contributed by atoms with E-state index in [-0.39, 0.29) is 18.1 Å². The molecule has 31 heavy (non-hydrogen) atoms. The molecule has 1 atom stereocenters. The fourth-order valence-corrected chi connectivity index (χ4v) is 4.48. The lowest BCUT2D eigenvalue weighted by molar-refractivity contribution is -0.121. The first-order chi connectivity index (χ1) is 14.6. The molecule has 0 fully saturated rings. The van der Waals surface area contributed by atoms with Crippen LogP contribution in [0.15, 0.2) is 42.5 Å². The molecule has 3 rings (SSSR count). The number of nitrogens with one attached hydrogen (secondary N) is 1. The predicted molar refractivity (Wildman–Crippen MR) is 117 cm³/mol. The number of carbonyl (C=O) groups excluding carboxylic acids is 3. The zero-order chi connectivity index (χ0) is 22.8. The summed E-state index contributed by atoms with van der Waals surface area (Å²) in [5, 5.41) is 1.11. The summed E-state index contributed by atoms with van der Waals surface area (Å²) in [6.07, 6.45) is 0. The lowest BCUT2D eigenvalue weighted by Crippen LogP contribution is -2.39. The van der Waals surface area contributed by atoms with Crippen LogP contribution in [0, 0.1) is 6.92 Å². The second kappa shape index (κ2) is 8.89. The Morgan fingerprint density at radius 1 is 1.19 bits per heavy atom. The number of hydrogen-bond acceptors (Lipinski definition) is 6. The number of Topliss-reactive ketones (excluding diaryl/α,β-unsaturated/α-hetero) is 1. The summed E-state index contributed by atoms with van der Waals surface area (Å²) in [7, 11) is -4.06. The van der Waals surface area contributed by atoms with E-state index in [2.05, 4.69) is 5.32 Å². The molecule has 1 aliphatic heterocycles. The Balaban J connectivity index is 1.76. The number of fused-ring (bicyclic) bond motifs is 1. The Morgan fingerprint density at radius 3 is 2.61 bits per heavy atom. The Hall–Kier alpha value is -3.20. The van der Waals surface area contributed by atoms with Crippen molar-refractivity contribution in [1.82, 2.24) is 0 Å². The van der Waals surface area contributed by atoms with Crippen LogP contribution < -0.4 is 15.0 Å². The van der Waals surface area contributed by atoms with E-state index in [1.807, 2.05) is 13.0 Å². The minimum atomic E-state index is -4.06. The van der Waals surface area contributed by atoms with Crippen molar-refractivity contribution in [3.63, 3.8) is 0 Å². The molecule has 0 spiro atoms. The Kier molecular flexibility index (Phi) is 6.45. The van der Waals surface area contributed by atoms with E-state index in [9.17, 15) is 22.8 Å². The summed E-state index contributed by atoms with van der Waals surface area (Å²) >= 11 is 0. The predicted octanol–water partition coefficient (Wildman–Crippen LogP) is 2.37. The van der Waals surface area contributed by atoms with Crippen LogP contribution in [0.5, 0.6) is 5.75 Å². The quantitative estimate of drug-likeness (QED) is 0.657. The lowest BCUT2D eigenvalue weighted by Gasteiger charge is -2.28. The first kappa shape index (κ1) is 22.5. The van der Waals surface area contributed by atoms with E-state index in [1.165, 1.54) is 24.0 Å². The van der Waals surface area contributed by atoms with Crippen LogP contribution >= 0.6 is 0 Å². The van der Waals surface area contributed by atoms with Crippen molar-refractivity contribution >= 4 is 38.8 Å². The zero-order valence-electron chi connectivity index (χ0n) is 17.5. The molecule has 0 radical (unpaired) electrons. The van der Waals surface area contributed by atoms with E-state index in [0.717, 1.165) is 5.56 Å². The lowest BCUT2D eigenvalue weighted by atomic mass is 10.1. The molecule has 0 saturated heterocycles. The smallest absolute Gasteiger partial charge is 0.265 e. The zero-order valence-corrected chi connectivity index (χ0v) is 18.4. The normalized spacial score (nSPS) is 14.4. The molecule has 0 bridgehead atoms. The van der Waals surface area contributed by atoms with Crippen molar-refractivity contribution in [2.24, 2.45) is 0 Å². The number of hydrogen-bond donors (Lipinski definition) is 1. The van der Waals surface area contributed by atoms with Gasteiger partial charge in [0, 0.05) is 17.8 Å². The molecular weight excluding hydrogens is 420 g/mol. The van der Waals surface area contributed by atoms with Crippen LogP contribution in [-0.2, 0) is 19.4 Å². The van der Waals surface area contributed by atoms with Gasteiger partial charge in [-0.05, 0) is 56.7 Å². The van der Waals surface area contributed by atoms with Gasteiger partial charge in [0.05, 0.1) is 5.69 Å². The molecule has 0 aliphatic carbocycles. The van der Waals surface area contributed by atoms with E-state index < -0.39 is 32.5 Å². The van der Waals surface area contributed by atoms with Gasteiger partial charge >= 0.3 is 0 Å². The van der Waals surface area contributed by atoms with Crippen molar-refractivity contribution < 1.29 is 27.5 Å². The number of likely N-dealkylation sites (N-methyl/N-ethyl adjacent to an activating group) is 1. The molecule has 1 unspecified atom stereocenters. The molecule has 2 aromatic carbocycles. The molecule has 1 aliphatic rings. The molecule has 2 aromatic rings. The van der Waals surface area contributed by atoms with E-state index >= 15 is 0 Å². The van der Waals surface area contributed by atoms with Crippen molar-refractivity contribution in [2.45, 2.75) is 26.0 Å². The minimum absolute atomic E-state index is 0.0883. The highest BCUT2D eigenvalue weighted by atomic mass is 32.2. The molecule has 164 valence electrons. The maximum Gasteiger partial charge on any atom is 0.265 e. The molecule has 0 saturated carbocycles. The Labute approximate surface area is 181 Å². The van der Waals surface area contributed by atoms with Gasteiger partial charge in [0.25, 0.3) is 5.91 Å². The molecule has 1 heterocycles. The average molecular weight is 445 g/mol. The number of carbonyl (C=O) groups is 3. The fraction of sp³-hybridized carbons (Fsp3) is 0.318. The highest BCUT2D eigenvalue weighted by molar-refractivity contribution is 7.93. The van der Waals surface area contributed by atoms with Crippen molar-refractivity contribution in [2.75, 3.05) is 29.1 Å². The van der Waals surface area contributed by atoms with Crippen LogP contribution in [0.4, 0.5) is 11.4 Å². The summed E-state index contributed by atoms with van der Waals surface area (Å²) < 4.78 is 30.8. The van der Waals surface area contributed by atoms with E-state index in [1.54, 1.807) is 31.2 Å². The third-order valence-corrected chi connectivity index (χ3v) is 7.00. The largest absolute Gasteiger partial charge is 0.482 e. The highest BCUT2D eigenvalue weighted by Crippen LogP contribution is 2.33. The van der Waals surface area contributed by atoms with Gasteiger partial charge in [0.2, 0.25) is 5.91 Å². The summed E-state index contributed by atoms with van der Waals surface area (Å²) in [5.74, 6) is -1.98. The highest BCUT2D eigenvalue weighted by Gasteiger charge is 2.32. The van der Waals surface area contributed by atoms with Gasteiger partial charge in [-0.2, -0.15) is 0 Å². The van der Waals surface area contributed by atoms with Crippen LogP contribution in [0.1, 0.15) is 29.8 Å². The van der Waals surface area contributed by atoms with Crippen LogP contribution in [0.2, 0.25) is 0 Å². The van der Waals surface area contributed by atoms with Gasteiger partial charge < -0.3 is 15.0 Å². The number of benzene rings is 2. The number of amides is 2. The van der Waals surface area contributed by atoms with Gasteiger partial charge in [-0.3, -0.25) is 14.4 Å². The molecule has 1 N–H and O–H groups in total. The number of rotatable bonds is 7. The van der Waals surface area contributed by atoms with Crippen molar-refractivity contribution in [1.29, 1.82) is 0 Å². The summed E-state index contributed by atoms with van der Waals surface area (Å²) in [4.78, 5) is 38.6. The van der Waals surface area contributed by atoms with Crippen LogP contribution in [0.3, 0.4) is 0 Å². The maximum atomic E-state index is 12.9. The number of aryl methyl sites for hydroxylation is 1. The number of ketones is 1. The Morgan fingerprint density at radius 2 is 1.94 bits per heavy atom. The molecule has 8 nitrogen and oxygen atoms in total. The summed E-state index contributed by atoms with van der Waals surface area (Å²) in [6.45, 7) is 5.20. The SMILES string of the molecule is CCN1C(=O)COc2ccc(C(=O)C(C)S(=O)(=O)CC(=O)Nc3cccc(C)c3)cc21. The van der Waals surface area contributed by atoms with Gasteiger partial charge in [-0.25, -0.2) is 8.42 Å². The van der Waals surface area contributed by atoms with E-state index in [4.69, 9.17) is 4.74 Å². The minimum Gasteiger partial charge on any atom is -0.482 e. The standard InChI is InChI=1S/C22H24N2O6S/c1-4-24-18-11-16(8-9-19(18)30-12-21(24)26)22(27)15(3)31(28,29)13-20(25)23-17-7-5-6-14(2)10-17/h5-11,15H,4,12-13H2,1-3H3,(H,23,25).